The summed E-state index contributed by atoms with van der Waals surface area (Å²) >= 11 is 5.85. The van der Waals surface area contributed by atoms with Crippen molar-refractivity contribution in [3.8, 4) is 0 Å². The van der Waals surface area contributed by atoms with Crippen LogP contribution in [0.4, 0.5) is 5.69 Å². The van der Waals surface area contributed by atoms with E-state index in [0.717, 1.165) is 0 Å². The number of anilines is 1. The number of nitrogens with zero attached hydrogens (tertiary/aromatic N) is 2. The van der Waals surface area contributed by atoms with Gasteiger partial charge in [-0.2, -0.15) is 10.1 Å². The van der Waals surface area contributed by atoms with Gasteiger partial charge in [0.15, 0.2) is 0 Å². The van der Waals surface area contributed by atoms with Crippen molar-refractivity contribution in [2.75, 3.05) is 5.01 Å². The zero-order chi connectivity index (χ0) is 10.8. The van der Waals surface area contributed by atoms with Crippen molar-refractivity contribution in [2.24, 2.45) is 10.8 Å². The molecule has 0 radical (unpaired) electrons. The Morgan fingerprint density at radius 2 is 2.00 bits per heavy atom. The van der Waals surface area contributed by atoms with Gasteiger partial charge in [0.25, 0.3) is 5.91 Å². The van der Waals surface area contributed by atoms with Crippen LogP contribution in [0.5, 0.6) is 0 Å². The van der Waals surface area contributed by atoms with E-state index in [0.29, 0.717) is 5.69 Å². The van der Waals surface area contributed by atoms with Crippen LogP contribution in [-0.4, -0.2) is 23.5 Å². The molecule has 1 amide bonds. The molecule has 1 aliphatic rings. The molecule has 1 aromatic carbocycles. The van der Waals surface area contributed by atoms with Gasteiger partial charge in [-0.25, -0.2) is 0 Å². The summed E-state index contributed by atoms with van der Waals surface area (Å²) in [6, 6.07) is 8.59. The zero-order valence-corrected chi connectivity index (χ0v) is 8.63. The van der Waals surface area contributed by atoms with Crippen LogP contribution in [0.2, 0.25) is 0 Å². The van der Waals surface area contributed by atoms with Gasteiger partial charge in [-0.15, -0.1) is 11.6 Å². The molecule has 0 spiro atoms. The van der Waals surface area contributed by atoms with Crippen LogP contribution < -0.4 is 10.7 Å². The fourth-order valence-electron chi connectivity index (χ4n) is 1.32. The minimum Gasteiger partial charge on any atom is -0.321 e. The number of para-hydroxylation sites is 1. The number of rotatable bonds is 1. The molecule has 0 fully saturated rings. The highest BCUT2D eigenvalue weighted by atomic mass is 35.5. The highest BCUT2D eigenvalue weighted by molar-refractivity contribution is 6.35. The first-order chi connectivity index (χ1) is 7.20. The Kier molecular flexibility index (Phi) is 2.70. The third-order valence-electron chi connectivity index (χ3n) is 2.14. The van der Waals surface area contributed by atoms with E-state index in [1.165, 1.54) is 11.2 Å². The second kappa shape index (κ2) is 4.00. The minimum atomic E-state index is -0.747. The first kappa shape index (κ1) is 10.1. The van der Waals surface area contributed by atoms with Crippen LogP contribution in [0.25, 0.3) is 0 Å². The summed E-state index contributed by atoms with van der Waals surface area (Å²) in [7, 11) is 0. The molecular weight excluding hydrogens is 214 g/mol. The predicted molar refractivity (Wildman–Crippen MR) is 60.0 cm³/mol. The Morgan fingerprint density at radius 1 is 1.33 bits per heavy atom. The summed E-state index contributed by atoms with van der Waals surface area (Å²) in [5.41, 5.74) is 6.27. The van der Waals surface area contributed by atoms with Crippen molar-refractivity contribution in [1.82, 2.24) is 0 Å². The Morgan fingerprint density at radius 3 is 2.67 bits per heavy atom. The minimum absolute atomic E-state index is 0.294. The highest BCUT2D eigenvalue weighted by Gasteiger charge is 2.31. The standard InChI is InChI=1S/C10H10ClN3O/c11-9-8(12)6-13-14(10(9)15)7-4-2-1-3-5-7/h1-6,8-9H,12H2. The van der Waals surface area contributed by atoms with Crippen molar-refractivity contribution in [2.45, 2.75) is 11.4 Å². The lowest BCUT2D eigenvalue weighted by molar-refractivity contribution is -0.118. The van der Waals surface area contributed by atoms with Crippen LogP contribution in [0, 0.1) is 0 Å². The maximum Gasteiger partial charge on any atom is 0.267 e. The van der Waals surface area contributed by atoms with Gasteiger partial charge < -0.3 is 5.73 Å². The molecule has 1 heterocycles. The molecule has 4 nitrogen and oxygen atoms in total. The number of hydrazone groups is 1. The van der Waals surface area contributed by atoms with Gasteiger partial charge in [0, 0.05) is 6.21 Å². The number of carbonyl (C=O) groups is 1. The summed E-state index contributed by atoms with van der Waals surface area (Å²) in [4.78, 5) is 11.7. The summed E-state index contributed by atoms with van der Waals surface area (Å²) in [6.07, 6.45) is 1.48. The summed E-state index contributed by atoms with van der Waals surface area (Å²) in [5.74, 6) is -0.294. The van der Waals surface area contributed by atoms with Crippen molar-refractivity contribution in [1.29, 1.82) is 0 Å². The van der Waals surface area contributed by atoms with E-state index in [2.05, 4.69) is 5.10 Å². The first-order valence-corrected chi connectivity index (χ1v) is 4.96. The largest absolute Gasteiger partial charge is 0.321 e. The number of halogens is 1. The van der Waals surface area contributed by atoms with Gasteiger partial charge in [-0.3, -0.25) is 4.79 Å². The molecule has 0 aromatic heterocycles. The van der Waals surface area contributed by atoms with Gasteiger partial charge in [0.05, 0.1) is 11.7 Å². The van der Waals surface area contributed by atoms with E-state index in [9.17, 15) is 4.79 Å². The van der Waals surface area contributed by atoms with Crippen LogP contribution in [0.1, 0.15) is 0 Å². The molecule has 0 bridgehead atoms. The molecule has 0 aliphatic carbocycles. The number of hydrogen-bond acceptors (Lipinski definition) is 3. The fraction of sp³-hybridized carbons (Fsp3) is 0.200. The SMILES string of the molecule is NC1C=NN(c2ccccc2)C(=O)C1Cl. The number of alkyl halides is 1. The molecule has 0 saturated carbocycles. The number of carbonyl (C=O) groups excluding carboxylic acids is 1. The van der Waals surface area contributed by atoms with E-state index in [4.69, 9.17) is 17.3 Å². The third kappa shape index (κ3) is 1.86. The fourth-order valence-corrected chi connectivity index (χ4v) is 1.48. The lowest BCUT2D eigenvalue weighted by Gasteiger charge is -2.26. The molecule has 1 aliphatic heterocycles. The molecule has 1 aromatic rings. The lowest BCUT2D eigenvalue weighted by atomic mass is 10.2. The maximum atomic E-state index is 11.7. The Bertz CT molecular complexity index is 393. The quantitative estimate of drug-likeness (QED) is 0.721. The van der Waals surface area contributed by atoms with E-state index in [1.807, 2.05) is 18.2 Å². The molecule has 2 atom stereocenters. The van der Waals surface area contributed by atoms with Crippen LogP contribution >= 0.6 is 11.6 Å². The van der Waals surface area contributed by atoms with Gasteiger partial charge in [-0.1, -0.05) is 18.2 Å². The molecule has 15 heavy (non-hydrogen) atoms. The Balaban J connectivity index is 2.32. The smallest absolute Gasteiger partial charge is 0.267 e. The summed E-state index contributed by atoms with van der Waals surface area (Å²) in [5, 5.41) is 4.48. The average Bonchev–Trinajstić information content (AvgIpc) is 2.27. The second-order valence-corrected chi connectivity index (χ2v) is 3.70. The molecule has 78 valence electrons. The van der Waals surface area contributed by atoms with Gasteiger partial charge >= 0.3 is 0 Å². The van der Waals surface area contributed by atoms with Crippen molar-refractivity contribution < 1.29 is 4.79 Å². The molecule has 0 saturated heterocycles. The van der Waals surface area contributed by atoms with E-state index in [-0.39, 0.29) is 5.91 Å². The van der Waals surface area contributed by atoms with E-state index >= 15 is 0 Å². The van der Waals surface area contributed by atoms with Crippen molar-refractivity contribution in [3.63, 3.8) is 0 Å². The van der Waals surface area contributed by atoms with E-state index in [1.54, 1.807) is 12.1 Å². The molecule has 2 rings (SSSR count). The van der Waals surface area contributed by atoms with Crippen molar-refractivity contribution in [3.05, 3.63) is 30.3 Å². The molecule has 2 N–H and O–H groups in total. The third-order valence-corrected chi connectivity index (χ3v) is 2.62. The average molecular weight is 224 g/mol. The number of hydrogen-bond donors (Lipinski definition) is 1. The number of amides is 1. The van der Waals surface area contributed by atoms with Crippen LogP contribution in [0.15, 0.2) is 35.4 Å². The maximum absolute atomic E-state index is 11.7. The first-order valence-electron chi connectivity index (χ1n) is 4.53. The zero-order valence-electron chi connectivity index (χ0n) is 7.88. The lowest BCUT2D eigenvalue weighted by Crippen LogP contribution is -2.48. The Labute approximate surface area is 92.3 Å². The van der Waals surface area contributed by atoms with Gasteiger partial charge in [-0.05, 0) is 12.1 Å². The molecule has 5 heteroatoms. The normalized spacial score (nSPS) is 25.7. The molecule has 2 unspecified atom stereocenters. The van der Waals surface area contributed by atoms with E-state index < -0.39 is 11.4 Å². The molecular formula is C10H10ClN3O. The highest BCUT2D eigenvalue weighted by Crippen LogP contribution is 2.19. The Hall–Kier alpha value is -1.39. The number of benzene rings is 1. The van der Waals surface area contributed by atoms with Gasteiger partial charge in [0.2, 0.25) is 0 Å². The topological polar surface area (TPSA) is 58.7 Å². The second-order valence-electron chi connectivity index (χ2n) is 3.23. The predicted octanol–water partition coefficient (Wildman–Crippen LogP) is 0.954. The van der Waals surface area contributed by atoms with Gasteiger partial charge in [0.1, 0.15) is 5.38 Å². The van der Waals surface area contributed by atoms with Crippen LogP contribution in [-0.2, 0) is 4.79 Å². The summed E-state index contributed by atoms with van der Waals surface area (Å²) in [6.45, 7) is 0. The summed E-state index contributed by atoms with van der Waals surface area (Å²) < 4.78 is 0. The monoisotopic (exact) mass is 223 g/mol. The van der Waals surface area contributed by atoms with Crippen molar-refractivity contribution >= 4 is 29.4 Å². The van der Waals surface area contributed by atoms with Crippen LogP contribution in [0.3, 0.4) is 0 Å². The number of nitrogens with two attached hydrogens (primary N) is 1.